The molecule has 0 aromatic heterocycles. The summed E-state index contributed by atoms with van der Waals surface area (Å²) in [7, 11) is -3.24. The van der Waals surface area contributed by atoms with Gasteiger partial charge in [-0.25, -0.2) is 13.1 Å². The number of sulfonamides is 1. The van der Waals surface area contributed by atoms with Crippen molar-refractivity contribution in [3.8, 4) is 16.9 Å². The third kappa shape index (κ3) is 4.58. The van der Waals surface area contributed by atoms with E-state index in [9.17, 15) is 13.2 Å². The normalized spacial score (nSPS) is 15.9. The standard InChI is InChI=1S/C27H28N2O4S/c1-18-3-9-23(16-24(18)20-6-4-19(5-7-20)17-28-34(2,31)32)29-26(30)27(12-13-27)22-8-10-25-21(15-22)11-14-33-25/h3-10,15-16,28H,11-14,17H2,1-2H3,(H,29,30). The Morgan fingerprint density at radius 3 is 2.50 bits per heavy atom. The summed E-state index contributed by atoms with van der Waals surface area (Å²) in [5, 5.41) is 3.15. The minimum absolute atomic E-state index is 0.0309. The van der Waals surface area contributed by atoms with Crippen LogP contribution in [-0.2, 0) is 33.2 Å². The molecule has 7 heteroatoms. The Bertz CT molecular complexity index is 1360. The predicted octanol–water partition coefficient (Wildman–Crippen LogP) is 4.32. The molecular weight excluding hydrogens is 448 g/mol. The number of fused-ring (bicyclic) bond motifs is 1. The fourth-order valence-electron chi connectivity index (χ4n) is 4.53. The maximum Gasteiger partial charge on any atom is 0.235 e. The highest BCUT2D eigenvalue weighted by Crippen LogP contribution is 2.50. The van der Waals surface area contributed by atoms with Crippen LogP contribution in [0.5, 0.6) is 5.75 Å². The first kappa shape index (κ1) is 22.6. The number of carbonyl (C=O) groups is 1. The Balaban J connectivity index is 1.33. The maximum atomic E-state index is 13.3. The van der Waals surface area contributed by atoms with Crippen molar-refractivity contribution >= 4 is 21.6 Å². The van der Waals surface area contributed by atoms with Crippen LogP contribution in [0.25, 0.3) is 11.1 Å². The van der Waals surface area contributed by atoms with Crippen molar-refractivity contribution in [1.29, 1.82) is 0 Å². The fourth-order valence-corrected chi connectivity index (χ4v) is 4.96. The zero-order chi connectivity index (χ0) is 23.9. The number of hydrogen-bond donors (Lipinski definition) is 2. The monoisotopic (exact) mass is 476 g/mol. The molecule has 1 saturated carbocycles. The van der Waals surface area contributed by atoms with E-state index in [1.165, 1.54) is 5.56 Å². The molecule has 0 saturated heterocycles. The first-order chi connectivity index (χ1) is 16.2. The summed E-state index contributed by atoms with van der Waals surface area (Å²) in [6.45, 7) is 3.00. The molecule has 2 N–H and O–H groups in total. The zero-order valence-corrected chi connectivity index (χ0v) is 20.2. The van der Waals surface area contributed by atoms with Gasteiger partial charge >= 0.3 is 0 Å². The second-order valence-corrected chi connectivity index (χ2v) is 11.1. The third-order valence-electron chi connectivity index (χ3n) is 6.73. The van der Waals surface area contributed by atoms with Gasteiger partial charge < -0.3 is 10.1 Å². The van der Waals surface area contributed by atoms with Gasteiger partial charge in [-0.2, -0.15) is 0 Å². The minimum Gasteiger partial charge on any atom is -0.493 e. The van der Waals surface area contributed by atoms with Gasteiger partial charge in [0.05, 0.1) is 18.3 Å². The van der Waals surface area contributed by atoms with Gasteiger partial charge in [0.15, 0.2) is 0 Å². The molecule has 0 atom stereocenters. The number of rotatable bonds is 7. The van der Waals surface area contributed by atoms with Crippen LogP contribution in [0.4, 0.5) is 5.69 Å². The van der Waals surface area contributed by atoms with Gasteiger partial charge in [-0.3, -0.25) is 4.79 Å². The number of anilines is 1. The van der Waals surface area contributed by atoms with Crippen LogP contribution in [0.1, 0.15) is 35.1 Å². The molecule has 6 nitrogen and oxygen atoms in total. The molecule has 1 aliphatic carbocycles. The van der Waals surface area contributed by atoms with Gasteiger partial charge in [0, 0.05) is 18.7 Å². The number of amides is 1. The summed E-state index contributed by atoms with van der Waals surface area (Å²) in [5.41, 5.74) is 6.58. The van der Waals surface area contributed by atoms with Crippen molar-refractivity contribution in [3.05, 3.63) is 82.9 Å². The van der Waals surface area contributed by atoms with Gasteiger partial charge in [-0.15, -0.1) is 0 Å². The summed E-state index contributed by atoms with van der Waals surface area (Å²) in [6.07, 6.45) is 3.74. The van der Waals surface area contributed by atoms with Gasteiger partial charge in [-0.05, 0) is 71.3 Å². The van der Waals surface area contributed by atoms with Gasteiger partial charge in [0.25, 0.3) is 0 Å². The number of ether oxygens (including phenoxy) is 1. The molecule has 1 fully saturated rings. The zero-order valence-electron chi connectivity index (χ0n) is 19.4. The minimum atomic E-state index is -3.24. The molecular formula is C27H28N2O4S. The molecule has 5 rings (SSSR count). The molecule has 0 bridgehead atoms. The fraction of sp³-hybridized carbons (Fsp3) is 0.296. The van der Waals surface area contributed by atoms with E-state index < -0.39 is 15.4 Å². The first-order valence-corrected chi connectivity index (χ1v) is 13.3. The van der Waals surface area contributed by atoms with Crippen molar-refractivity contribution < 1.29 is 17.9 Å². The van der Waals surface area contributed by atoms with E-state index in [-0.39, 0.29) is 12.5 Å². The highest BCUT2D eigenvalue weighted by molar-refractivity contribution is 7.88. The summed E-state index contributed by atoms with van der Waals surface area (Å²) >= 11 is 0. The second-order valence-electron chi connectivity index (χ2n) is 9.28. The number of hydrogen-bond acceptors (Lipinski definition) is 4. The molecule has 3 aromatic carbocycles. The molecule has 3 aromatic rings. The number of aryl methyl sites for hydroxylation is 1. The van der Waals surface area contributed by atoms with Crippen molar-refractivity contribution in [2.24, 2.45) is 0 Å². The summed E-state index contributed by atoms with van der Waals surface area (Å²) in [6, 6.07) is 19.9. The summed E-state index contributed by atoms with van der Waals surface area (Å²) < 4.78 is 30.8. The second kappa shape index (κ2) is 8.56. The van der Waals surface area contributed by atoms with Crippen molar-refractivity contribution in [2.75, 3.05) is 18.2 Å². The van der Waals surface area contributed by atoms with Crippen LogP contribution >= 0.6 is 0 Å². The van der Waals surface area contributed by atoms with E-state index in [1.54, 1.807) is 0 Å². The lowest BCUT2D eigenvalue weighted by atomic mass is 9.92. The average molecular weight is 477 g/mol. The Kier molecular flexibility index (Phi) is 5.70. The smallest absolute Gasteiger partial charge is 0.235 e. The van der Waals surface area contributed by atoms with Crippen LogP contribution < -0.4 is 14.8 Å². The van der Waals surface area contributed by atoms with E-state index in [2.05, 4.69) is 16.1 Å². The van der Waals surface area contributed by atoms with Crippen LogP contribution in [0.2, 0.25) is 0 Å². The van der Waals surface area contributed by atoms with Crippen LogP contribution in [0, 0.1) is 6.92 Å². The Morgan fingerprint density at radius 1 is 1.03 bits per heavy atom. The van der Waals surface area contributed by atoms with Crippen LogP contribution in [0.15, 0.2) is 60.7 Å². The lowest BCUT2D eigenvalue weighted by Gasteiger charge is -2.18. The Morgan fingerprint density at radius 2 is 1.79 bits per heavy atom. The van der Waals surface area contributed by atoms with E-state index in [0.29, 0.717) is 6.61 Å². The SMILES string of the molecule is Cc1ccc(NC(=O)C2(c3ccc4c(c3)CCO4)CC2)cc1-c1ccc(CNS(C)(=O)=O)cc1. The average Bonchev–Trinajstić information content (AvgIpc) is 3.50. The van der Waals surface area contributed by atoms with E-state index in [0.717, 1.165) is 64.8 Å². The van der Waals surface area contributed by atoms with E-state index >= 15 is 0 Å². The molecule has 176 valence electrons. The van der Waals surface area contributed by atoms with Gasteiger partial charge in [0.1, 0.15) is 5.75 Å². The molecule has 0 unspecified atom stereocenters. The highest BCUT2D eigenvalue weighted by atomic mass is 32.2. The number of carbonyl (C=O) groups excluding carboxylic acids is 1. The molecule has 0 spiro atoms. The lowest BCUT2D eigenvalue weighted by molar-refractivity contribution is -0.118. The molecule has 1 aliphatic heterocycles. The summed E-state index contributed by atoms with van der Waals surface area (Å²) in [5.74, 6) is 0.963. The maximum absolute atomic E-state index is 13.3. The third-order valence-corrected chi connectivity index (χ3v) is 7.39. The molecule has 34 heavy (non-hydrogen) atoms. The molecule has 1 amide bonds. The topological polar surface area (TPSA) is 84.5 Å². The quantitative estimate of drug-likeness (QED) is 0.532. The van der Waals surface area contributed by atoms with Crippen molar-refractivity contribution in [2.45, 2.75) is 38.1 Å². The van der Waals surface area contributed by atoms with E-state index in [1.807, 2.05) is 61.5 Å². The van der Waals surface area contributed by atoms with Crippen molar-refractivity contribution in [1.82, 2.24) is 4.72 Å². The largest absolute Gasteiger partial charge is 0.493 e. The predicted molar refractivity (Wildman–Crippen MR) is 133 cm³/mol. The Labute approximate surface area is 200 Å². The number of benzene rings is 3. The van der Waals surface area contributed by atoms with Crippen molar-refractivity contribution in [3.63, 3.8) is 0 Å². The number of nitrogens with one attached hydrogen (secondary N) is 2. The first-order valence-electron chi connectivity index (χ1n) is 11.5. The molecule has 1 heterocycles. The lowest BCUT2D eigenvalue weighted by Crippen LogP contribution is -2.27. The van der Waals surface area contributed by atoms with E-state index in [4.69, 9.17) is 4.74 Å². The van der Waals surface area contributed by atoms with Gasteiger partial charge in [-0.1, -0.05) is 42.5 Å². The molecule has 0 radical (unpaired) electrons. The Hall–Kier alpha value is -3.16. The highest BCUT2D eigenvalue weighted by Gasteiger charge is 2.51. The van der Waals surface area contributed by atoms with Gasteiger partial charge in [0.2, 0.25) is 15.9 Å². The summed E-state index contributed by atoms with van der Waals surface area (Å²) in [4.78, 5) is 13.3. The van der Waals surface area contributed by atoms with Crippen LogP contribution in [0.3, 0.4) is 0 Å². The van der Waals surface area contributed by atoms with Crippen LogP contribution in [-0.4, -0.2) is 27.2 Å². The molecule has 2 aliphatic rings.